The first-order chi connectivity index (χ1) is 8.35. The van der Waals surface area contributed by atoms with Crippen LogP contribution in [0.2, 0.25) is 0 Å². The van der Waals surface area contributed by atoms with Crippen LogP contribution in [0.25, 0.3) is 0 Å². The molecule has 0 aliphatic carbocycles. The highest BCUT2D eigenvalue weighted by atomic mass is 32.2. The molecule has 0 aromatic heterocycles. The second-order valence-electron chi connectivity index (χ2n) is 5.54. The lowest BCUT2D eigenvalue weighted by molar-refractivity contribution is 0.392. The summed E-state index contributed by atoms with van der Waals surface area (Å²) in [5.41, 5.74) is 0. The van der Waals surface area contributed by atoms with Gasteiger partial charge in [0.15, 0.2) is 0 Å². The molecular weight excluding hydrogens is 268 g/mol. The molecule has 1 aliphatic heterocycles. The van der Waals surface area contributed by atoms with E-state index in [4.69, 9.17) is 0 Å². The van der Waals surface area contributed by atoms with Crippen molar-refractivity contribution in [2.75, 3.05) is 25.1 Å². The lowest BCUT2D eigenvalue weighted by atomic mass is 10.0. The lowest BCUT2D eigenvalue weighted by Crippen LogP contribution is -2.40. The Labute approximate surface area is 116 Å². The maximum Gasteiger partial charge on any atom is 0.211 e. The van der Waals surface area contributed by atoms with Gasteiger partial charge in [-0.1, -0.05) is 6.42 Å². The van der Waals surface area contributed by atoms with E-state index < -0.39 is 10.0 Å². The van der Waals surface area contributed by atoms with Crippen LogP contribution in [-0.4, -0.2) is 44.3 Å². The van der Waals surface area contributed by atoms with E-state index in [1.54, 1.807) is 11.8 Å². The Balaban J connectivity index is 2.30. The molecule has 0 radical (unpaired) electrons. The van der Waals surface area contributed by atoms with E-state index in [9.17, 15) is 8.42 Å². The van der Waals surface area contributed by atoms with Crippen LogP contribution < -0.4 is 10.0 Å². The Bertz CT molecular complexity index is 336. The van der Waals surface area contributed by atoms with Gasteiger partial charge in [0.1, 0.15) is 0 Å². The Hall–Kier alpha value is 0.220. The van der Waals surface area contributed by atoms with E-state index in [0.29, 0.717) is 12.6 Å². The molecule has 18 heavy (non-hydrogen) atoms. The van der Waals surface area contributed by atoms with E-state index in [1.165, 1.54) is 12.8 Å². The van der Waals surface area contributed by atoms with Gasteiger partial charge in [-0.2, -0.15) is 11.8 Å². The molecule has 108 valence electrons. The molecule has 6 heteroatoms. The summed E-state index contributed by atoms with van der Waals surface area (Å²) in [6, 6.07) is 0.379. The maximum atomic E-state index is 11.9. The van der Waals surface area contributed by atoms with Gasteiger partial charge in [-0.3, -0.25) is 0 Å². The highest BCUT2D eigenvalue weighted by Gasteiger charge is 2.21. The zero-order chi connectivity index (χ0) is 13.6. The molecule has 1 fully saturated rings. The lowest BCUT2D eigenvalue weighted by Gasteiger charge is -2.24. The van der Waals surface area contributed by atoms with E-state index >= 15 is 0 Å². The van der Waals surface area contributed by atoms with Crippen molar-refractivity contribution in [2.45, 2.75) is 50.3 Å². The number of hydrogen-bond acceptors (Lipinski definition) is 4. The molecule has 4 nitrogen and oxygen atoms in total. The summed E-state index contributed by atoms with van der Waals surface area (Å²) in [5.74, 6) is 0.231. The normalized spacial score (nSPS) is 22.1. The van der Waals surface area contributed by atoms with Crippen molar-refractivity contribution in [1.29, 1.82) is 0 Å². The van der Waals surface area contributed by atoms with Crippen LogP contribution in [-0.2, 0) is 10.0 Å². The molecule has 1 heterocycles. The van der Waals surface area contributed by atoms with E-state index in [-0.39, 0.29) is 10.5 Å². The van der Waals surface area contributed by atoms with E-state index in [0.717, 1.165) is 19.4 Å². The molecule has 0 amide bonds. The summed E-state index contributed by atoms with van der Waals surface area (Å²) < 4.78 is 26.4. The van der Waals surface area contributed by atoms with Crippen molar-refractivity contribution in [1.82, 2.24) is 10.0 Å². The number of hydrogen-bond donors (Lipinski definition) is 2. The van der Waals surface area contributed by atoms with Crippen LogP contribution >= 0.6 is 11.8 Å². The fourth-order valence-electron chi connectivity index (χ4n) is 1.90. The van der Waals surface area contributed by atoms with Gasteiger partial charge < -0.3 is 5.32 Å². The van der Waals surface area contributed by atoms with Crippen molar-refractivity contribution in [3.05, 3.63) is 0 Å². The van der Waals surface area contributed by atoms with Gasteiger partial charge >= 0.3 is 0 Å². The summed E-state index contributed by atoms with van der Waals surface area (Å²) in [6.45, 7) is 5.61. The highest BCUT2D eigenvalue weighted by molar-refractivity contribution is 8.00. The standard InChI is InChI=1S/C12H26N2O2S2/c1-12(2,17-3)10-14-18(15,16)9-7-11-6-4-5-8-13-11/h11,13-14H,4-10H2,1-3H3. The van der Waals surface area contributed by atoms with Crippen LogP contribution in [0.15, 0.2) is 0 Å². The molecule has 1 atom stereocenters. The largest absolute Gasteiger partial charge is 0.314 e. The van der Waals surface area contributed by atoms with Crippen molar-refractivity contribution in [2.24, 2.45) is 0 Å². The molecule has 0 bridgehead atoms. The summed E-state index contributed by atoms with van der Waals surface area (Å²) in [6.07, 6.45) is 6.25. The van der Waals surface area contributed by atoms with Crippen molar-refractivity contribution >= 4 is 21.8 Å². The minimum absolute atomic E-state index is 0.0455. The average molecular weight is 294 g/mol. The highest BCUT2D eigenvalue weighted by Crippen LogP contribution is 2.20. The first-order valence-electron chi connectivity index (χ1n) is 6.60. The number of rotatable bonds is 7. The molecule has 2 N–H and O–H groups in total. The third-order valence-corrected chi connectivity index (χ3v) is 6.02. The molecule has 1 unspecified atom stereocenters. The van der Waals surface area contributed by atoms with E-state index in [1.807, 2.05) is 20.1 Å². The molecule has 0 aromatic rings. The Morgan fingerprint density at radius 3 is 2.67 bits per heavy atom. The van der Waals surface area contributed by atoms with Gasteiger partial charge in [-0.25, -0.2) is 13.1 Å². The summed E-state index contributed by atoms with van der Waals surface area (Å²) in [7, 11) is -3.13. The maximum absolute atomic E-state index is 11.9. The molecule has 0 saturated carbocycles. The fraction of sp³-hybridized carbons (Fsp3) is 1.00. The van der Waals surface area contributed by atoms with Crippen LogP contribution in [0.5, 0.6) is 0 Å². The number of sulfonamides is 1. The predicted molar refractivity (Wildman–Crippen MR) is 79.6 cm³/mol. The third kappa shape index (κ3) is 6.41. The van der Waals surface area contributed by atoms with E-state index in [2.05, 4.69) is 10.0 Å². The van der Waals surface area contributed by atoms with Crippen molar-refractivity contribution in [3.8, 4) is 0 Å². The second-order valence-corrected chi connectivity index (χ2v) is 8.98. The first kappa shape index (κ1) is 16.3. The van der Waals surface area contributed by atoms with Gasteiger partial charge in [0.2, 0.25) is 10.0 Å². The Kier molecular flexibility index (Phi) is 6.44. The molecule has 1 aliphatic rings. The smallest absolute Gasteiger partial charge is 0.211 e. The van der Waals surface area contributed by atoms with Gasteiger partial charge in [0.05, 0.1) is 5.75 Å². The number of piperidine rings is 1. The first-order valence-corrected chi connectivity index (χ1v) is 9.48. The minimum Gasteiger partial charge on any atom is -0.314 e. The molecule has 1 saturated heterocycles. The van der Waals surface area contributed by atoms with Gasteiger partial charge in [-0.05, 0) is 45.9 Å². The second kappa shape index (κ2) is 7.12. The third-order valence-electron chi connectivity index (χ3n) is 3.42. The molecular formula is C12H26N2O2S2. The minimum atomic E-state index is -3.13. The molecule has 0 aromatic carbocycles. The van der Waals surface area contributed by atoms with Gasteiger partial charge in [0, 0.05) is 17.3 Å². The van der Waals surface area contributed by atoms with Crippen LogP contribution in [0.4, 0.5) is 0 Å². The molecule has 0 spiro atoms. The summed E-state index contributed by atoms with van der Waals surface area (Å²) in [4.78, 5) is 0. The van der Waals surface area contributed by atoms with Gasteiger partial charge in [-0.15, -0.1) is 0 Å². The average Bonchev–Trinajstić information content (AvgIpc) is 2.36. The summed E-state index contributed by atoms with van der Waals surface area (Å²) >= 11 is 1.67. The van der Waals surface area contributed by atoms with Gasteiger partial charge in [0.25, 0.3) is 0 Å². The quantitative estimate of drug-likeness (QED) is 0.748. The van der Waals surface area contributed by atoms with Crippen LogP contribution in [0.1, 0.15) is 39.5 Å². The topological polar surface area (TPSA) is 58.2 Å². The van der Waals surface area contributed by atoms with Crippen LogP contribution in [0.3, 0.4) is 0 Å². The van der Waals surface area contributed by atoms with Crippen LogP contribution in [0, 0.1) is 0 Å². The SMILES string of the molecule is CSC(C)(C)CNS(=O)(=O)CCC1CCCCN1. The molecule has 1 rings (SSSR count). The fourth-order valence-corrected chi connectivity index (χ4v) is 3.52. The summed E-state index contributed by atoms with van der Waals surface area (Å²) in [5, 5.41) is 3.38. The monoisotopic (exact) mass is 294 g/mol. The predicted octanol–water partition coefficient (Wildman–Crippen LogP) is 1.58. The van der Waals surface area contributed by atoms with Crippen molar-refractivity contribution < 1.29 is 8.42 Å². The Morgan fingerprint density at radius 1 is 1.39 bits per heavy atom. The number of thioether (sulfide) groups is 1. The zero-order valence-electron chi connectivity index (χ0n) is 11.7. The van der Waals surface area contributed by atoms with Crippen molar-refractivity contribution in [3.63, 3.8) is 0 Å². The number of nitrogens with one attached hydrogen (secondary N) is 2. The Morgan fingerprint density at radius 2 is 2.11 bits per heavy atom. The zero-order valence-corrected chi connectivity index (χ0v) is 13.3.